The van der Waals surface area contributed by atoms with Gasteiger partial charge in [0.25, 0.3) is 5.91 Å². The van der Waals surface area contributed by atoms with Crippen LogP contribution in [0.15, 0.2) is 36.4 Å². The predicted molar refractivity (Wildman–Crippen MR) is 74.7 cm³/mol. The second-order valence-electron chi connectivity index (χ2n) is 4.50. The van der Waals surface area contributed by atoms with E-state index >= 15 is 0 Å². The zero-order valence-corrected chi connectivity index (χ0v) is 10.8. The molecule has 4 heteroatoms. The summed E-state index contributed by atoms with van der Waals surface area (Å²) in [7, 11) is 0. The van der Waals surface area contributed by atoms with E-state index in [-0.39, 0.29) is 11.7 Å². The summed E-state index contributed by atoms with van der Waals surface area (Å²) in [5.74, 6) is -0.624. The summed E-state index contributed by atoms with van der Waals surface area (Å²) in [6.07, 6.45) is 0. The van der Waals surface area contributed by atoms with E-state index < -0.39 is 0 Å². The number of nitrogens with one attached hydrogen (secondary N) is 1. The SMILES string of the molecule is Cc1ccc(N)c(C(=O)Nc2ccc(F)cc2C)c1. The number of nitrogen functional groups attached to an aromatic ring is 1. The van der Waals surface area contributed by atoms with Crippen LogP contribution in [-0.4, -0.2) is 5.91 Å². The molecule has 3 nitrogen and oxygen atoms in total. The number of anilines is 2. The van der Waals surface area contributed by atoms with Gasteiger partial charge in [0.2, 0.25) is 0 Å². The predicted octanol–water partition coefficient (Wildman–Crippen LogP) is 3.28. The number of hydrogen-bond acceptors (Lipinski definition) is 2. The maximum atomic E-state index is 13.0. The number of hydrogen-bond donors (Lipinski definition) is 2. The van der Waals surface area contributed by atoms with Crippen molar-refractivity contribution in [3.8, 4) is 0 Å². The van der Waals surface area contributed by atoms with E-state index in [2.05, 4.69) is 5.32 Å². The van der Waals surface area contributed by atoms with Gasteiger partial charge >= 0.3 is 0 Å². The maximum Gasteiger partial charge on any atom is 0.257 e. The van der Waals surface area contributed by atoms with Crippen LogP contribution in [0.3, 0.4) is 0 Å². The molecule has 0 heterocycles. The minimum Gasteiger partial charge on any atom is -0.398 e. The molecule has 2 aromatic carbocycles. The molecule has 0 unspecified atom stereocenters. The molecule has 19 heavy (non-hydrogen) atoms. The molecule has 0 aliphatic carbocycles. The lowest BCUT2D eigenvalue weighted by atomic mass is 10.1. The molecule has 1 amide bonds. The molecule has 2 rings (SSSR count). The average molecular weight is 258 g/mol. The molecule has 0 aliphatic heterocycles. The van der Waals surface area contributed by atoms with Gasteiger partial charge in [-0.1, -0.05) is 11.6 Å². The molecule has 0 spiro atoms. The van der Waals surface area contributed by atoms with Gasteiger partial charge in [0.05, 0.1) is 5.56 Å². The molecule has 0 atom stereocenters. The summed E-state index contributed by atoms with van der Waals surface area (Å²) >= 11 is 0. The Balaban J connectivity index is 2.28. The molecule has 0 saturated heterocycles. The standard InChI is InChI=1S/C15H15FN2O/c1-9-3-5-13(17)12(7-9)15(19)18-14-6-4-11(16)8-10(14)2/h3-8H,17H2,1-2H3,(H,18,19). The smallest absolute Gasteiger partial charge is 0.257 e. The van der Waals surface area contributed by atoms with Crippen molar-refractivity contribution in [2.75, 3.05) is 11.1 Å². The fourth-order valence-corrected chi connectivity index (χ4v) is 1.82. The van der Waals surface area contributed by atoms with Crippen LogP contribution in [0.25, 0.3) is 0 Å². The van der Waals surface area contributed by atoms with Gasteiger partial charge in [-0.15, -0.1) is 0 Å². The molecule has 0 bridgehead atoms. The third-order valence-corrected chi connectivity index (χ3v) is 2.89. The average Bonchev–Trinajstić information content (AvgIpc) is 2.35. The maximum absolute atomic E-state index is 13.0. The van der Waals surface area contributed by atoms with E-state index in [9.17, 15) is 9.18 Å². The second-order valence-corrected chi connectivity index (χ2v) is 4.50. The van der Waals surface area contributed by atoms with Crippen molar-refractivity contribution in [1.82, 2.24) is 0 Å². The number of aryl methyl sites for hydroxylation is 2. The first-order valence-electron chi connectivity index (χ1n) is 5.91. The Bertz CT molecular complexity index is 638. The Labute approximate surface area is 111 Å². The number of benzene rings is 2. The number of rotatable bonds is 2. The van der Waals surface area contributed by atoms with E-state index in [1.54, 1.807) is 19.1 Å². The van der Waals surface area contributed by atoms with Crippen molar-refractivity contribution < 1.29 is 9.18 Å². The monoisotopic (exact) mass is 258 g/mol. The van der Waals surface area contributed by atoms with Crippen LogP contribution in [0.4, 0.5) is 15.8 Å². The van der Waals surface area contributed by atoms with Crippen molar-refractivity contribution in [1.29, 1.82) is 0 Å². The van der Waals surface area contributed by atoms with Crippen LogP contribution in [0.5, 0.6) is 0 Å². The van der Waals surface area contributed by atoms with E-state index in [0.717, 1.165) is 5.56 Å². The highest BCUT2D eigenvalue weighted by Gasteiger charge is 2.11. The van der Waals surface area contributed by atoms with Crippen molar-refractivity contribution in [3.05, 3.63) is 58.9 Å². The lowest BCUT2D eigenvalue weighted by molar-refractivity contribution is 0.102. The normalized spacial score (nSPS) is 10.3. The van der Waals surface area contributed by atoms with Gasteiger partial charge in [-0.2, -0.15) is 0 Å². The van der Waals surface area contributed by atoms with Crippen LogP contribution in [0.2, 0.25) is 0 Å². The third-order valence-electron chi connectivity index (χ3n) is 2.89. The Hall–Kier alpha value is -2.36. The summed E-state index contributed by atoms with van der Waals surface area (Å²) in [5.41, 5.74) is 8.82. The van der Waals surface area contributed by atoms with Gasteiger partial charge < -0.3 is 11.1 Å². The summed E-state index contributed by atoms with van der Waals surface area (Å²) < 4.78 is 13.0. The summed E-state index contributed by atoms with van der Waals surface area (Å²) in [5, 5.41) is 2.74. The lowest BCUT2D eigenvalue weighted by Crippen LogP contribution is -2.15. The molecule has 98 valence electrons. The highest BCUT2D eigenvalue weighted by atomic mass is 19.1. The molecule has 2 aromatic rings. The Morgan fingerprint density at radius 2 is 1.89 bits per heavy atom. The largest absolute Gasteiger partial charge is 0.398 e. The molecule has 3 N–H and O–H groups in total. The van der Waals surface area contributed by atoms with Crippen LogP contribution < -0.4 is 11.1 Å². The van der Waals surface area contributed by atoms with Crippen molar-refractivity contribution in [3.63, 3.8) is 0 Å². The molecule has 0 radical (unpaired) electrons. The number of halogens is 1. The number of nitrogens with two attached hydrogens (primary N) is 1. The molecule has 0 aliphatic rings. The second kappa shape index (κ2) is 5.10. The number of carbonyl (C=O) groups excluding carboxylic acids is 1. The molecule has 0 saturated carbocycles. The van der Waals surface area contributed by atoms with E-state index in [0.29, 0.717) is 22.5 Å². The van der Waals surface area contributed by atoms with Crippen molar-refractivity contribution in [2.45, 2.75) is 13.8 Å². The van der Waals surface area contributed by atoms with E-state index in [1.807, 2.05) is 13.0 Å². The van der Waals surface area contributed by atoms with Crippen LogP contribution in [0, 0.1) is 19.7 Å². The number of carbonyl (C=O) groups is 1. The first-order valence-corrected chi connectivity index (χ1v) is 5.91. The highest BCUT2D eigenvalue weighted by molar-refractivity contribution is 6.08. The van der Waals surface area contributed by atoms with Gasteiger partial charge in [0.15, 0.2) is 0 Å². The van der Waals surface area contributed by atoms with Gasteiger partial charge in [-0.3, -0.25) is 4.79 Å². The van der Waals surface area contributed by atoms with Crippen molar-refractivity contribution in [2.24, 2.45) is 0 Å². The zero-order chi connectivity index (χ0) is 14.0. The minimum absolute atomic E-state index is 0.295. The Kier molecular flexibility index (Phi) is 3.51. The van der Waals surface area contributed by atoms with Crippen LogP contribution in [0.1, 0.15) is 21.5 Å². The highest BCUT2D eigenvalue weighted by Crippen LogP contribution is 2.19. The van der Waals surface area contributed by atoms with Crippen LogP contribution in [-0.2, 0) is 0 Å². The first-order chi connectivity index (χ1) is 8.97. The van der Waals surface area contributed by atoms with Crippen LogP contribution >= 0.6 is 0 Å². The van der Waals surface area contributed by atoms with Gasteiger partial charge in [0.1, 0.15) is 5.82 Å². The number of amides is 1. The van der Waals surface area contributed by atoms with Gasteiger partial charge in [-0.05, 0) is 49.7 Å². The minimum atomic E-state index is -0.328. The molecular formula is C15H15FN2O. The molecule has 0 aromatic heterocycles. The fraction of sp³-hybridized carbons (Fsp3) is 0.133. The van der Waals surface area contributed by atoms with Gasteiger partial charge in [-0.25, -0.2) is 4.39 Å². The Morgan fingerprint density at radius 3 is 2.58 bits per heavy atom. The lowest BCUT2D eigenvalue weighted by Gasteiger charge is -2.10. The summed E-state index contributed by atoms with van der Waals surface area (Å²) in [6, 6.07) is 9.48. The van der Waals surface area contributed by atoms with Crippen molar-refractivity contribution >= 4 is 17.3 Å². The fourth-order valence-electron chi connectivity index (χ4n) is 1.82. The summed E-state index contributed by atoms with van der Waals surface area (Å²) in [6.45, 7) is 3.62. The van der Waals surface area contributed by atoms with E-state index in [4.69, 9.17) is 5.73 Å². The topological polar surface area (TPSA) is 55.1 Å². The quantitative estimate of drug-likeness (QED) is 0.812. The zero-order valence-electron chi connectivity index (χ0n) is 10.8. The summed E-state index contributed by atoms with van der Waals surface area (Å²) in [4.78, 5) is 12.1. The Morgan fingerprint density at radius 1 is 1.16 bits per heavy atom. The van der Waals surface area contributed by atoms with E-state index in [1.165, 1.54) is 18.2 Å². The molecular weight excluding hydrogens is 243 g/mol. The molecule has 0 fully saturated rings. The third kappa shape index (κ3) is 2.91. The first kappa shape index (κ1) is 13.1. The van der Waals surface area contributed by atoms with Gasteiger partial charge in [0, 0.05) is 11.4 Å².